The topological polar surface area (TPSA) is 63.7 Å². The third-order valence-electron chi connectivity index (χ3n) is 3.39. The zero-order valence-corrected chi connectivity index (χ0v) is 14.2. The summed E-state index contributed by atoms with van der Waals surface area (Å²) in [6.45, 7) is 1.40. The molecule has 24 heavy (non-hydrogen) atoms. The molecule has 0 spiro atoms. The van der Waals surface area contributed by atoms with E-state index in [1.54, 1.807) is 12.1 Å². The Morgan fingerprint density at radius 2 is 1.67 bits per heavy atom. The number of esters is 1. The van der Waals surface area contributed by atoms with Crippen LogP contribution in [0, 0.1) is 12.7 Å². The number of rotatable bonds is 6. The number of halogens is 1. The SMILES string of the molecule is Cc1ccc(S(=O)(=O)N(C)CC(=O)OCc2ccc(F)cc2)cc1. The predicted molar refractivity (Wildman–Crippen MR) is 87.2 cm³/mol. The van der Waals surface area contributed by atoms with Gasteiger partial charge in [0.15, 0.2) is 0 Å². The van der Waals surface area contributed by atoms with E-state index < -0.39 is 22.5 Å². The zero-order chi connectivity index (χ0) is 17.7. The summed E-state index contributed by atoms with van der Waals surface area (Å²) in [5.41, 5.74) is 1.56. The highest BCUT2D eigenvalue weighted by Gasteiger charge is 2.23. The van der Waals surface area contributed by atoms with Crippen LogP contribution in [-0.2, 0) is 26.2 Å². The summed E-state index contributed by atoms with van der Waals surface area (Å²) in [5, 5.41) is 0. The van der Waals surface area contributed by atoms with Gasteiger partial charge in [0.2, 0.25) is 10.0 Å². The first-order valence-electron chi connectivity index (χ1n) is 7.22. The van der Waals surface area contributed by atoms with Gasteiger partial charge < -0.3 is 4.74 Å². The van der Waals surface area contributed by atoms with E-state index in [1.165, 1.54) is 43.4 Å². The Labute approximate surface area is 140 Å². The Hall–Kier alpha value is -2.25. The van der Waals surface area contributed by atoms with Crippen LogP contribution in [-0.4, -0.2) is 32.3 Å². The maximum absolute atomic E-state index is 12.8. The van der Waals surface area contributed by atoms with Crippen LogP contribution in [0.1, 0.15) is 11.1 Å². The highest BCUT2D eigenvalue weighted by Crippen LogP contribution is 2.15. The first-order valence-corrected chi connectivity index (χ1v) is 8.66. The third kappa shape index (κ3) is 4.62. The highest BCUT2D eigenvalue weighted by atomic mass is 32.2. The number of hydrogen-bond acceptors (Lipinski definition) is 4. The number of sulfonamides is 1. The number of aryl methyl sites for hydroxylation is 1. The largest absolute Gasteiger partial charge is 0.460 e. The first-order chi connectivity index (χ1) is 11.3. The van der Waals surface area contributed by atoms with Gasteiger partial charge >= 0.3 is 5.97 Å². The minimum atomic E-state index is -3.76. The van der Waals surface area contributed by atoms with Gasteiger partial charge in [0, 0.05) is 7.05 Å². The Bertz CT molecular complexity index is 801. The van der Waals surface area contributed by atoms with Gasteiger partial charge in [0.1, 0.15) is 19.0 Å². The molecule has 2 rings (SSSR count). The summed E-state index contributed by atoms with van der Waals surface area (Å²) in [5.74, 6) is -1.06. The third-order valence-corrected chi connectivity index (χ3v) is 5.21. The van der Waals surface area contributed by atoms with Gasteiger partial charge in [0.05, 0.1) is 4.90 Å². The lowest BCUT2D eigenvalue weighted by atomic mass is 10.2. The molecule has 0 saturated carbocycles. The first kappa shape index (κ1) is 18.1. The van der Waals surface area contributed by atoms with Gasteiger partial charge in [-0.25, -0.2) is 12.8 Å². The Kier molecular flexibility index (Phi) is 5.69. The molecule has 2 aromatic carbocycles. The summed E-state index contributed by atoms with van der Waals surface area (Å²) in [6.07, 6.45) is 0. The maximum Gasteiger partial charge on any atom is 0.321 e. The molecule has 0 fully saturated rings. The van der Waals surface area contributed by atoms with E-state index in [1.807, 2.05) is 6.92 Å². The van der Waals surface area contributed by atoms with E-state index >= 15 is 0 Å². The number of nitrogens with zero attached hydrogens (tertiary/aromatic N) is 1. The van der Waals surface area contributed by atoms with Gasteiger partial charge in [-0.2, -0.15) is 4.31 Å². The number of likely N-dealkylation sites (N-methyl/N-ethyl adjacent to an activating group) is 1. The van der Waals surface area contributed by atoms with Crippen molar-refractivity contribution in [1.29, 1.82) is 0 Å². The van der Waals surface area contributed by atoms with Crippen LogP contribution >= 0.6 is 0 Å². The van der Waals surface area contributed by atoms with E-state index in [2.05, 4.69) is 0 Å². The maximum atomic E-state index is 12.8. The Morgan fingerprint density at radius 3 is 2.25 bits per heavy atom. The quantitative estimate of drug-likeness (QED) is 0.750. The average molecular weight is 351 g/mol. The summed E-state index contributed by atoms with van der Waals surface area (Å²) >= 11 is 0. The van der Waals surface area contributed by atoms with Crippen LogP contribution in [0.15, 0.2) is 53.4 Å². The van der Waals surface area contributed by atoms with Gasteiger partial charge in [-0.15, -0.1) is 0 Å². The van der Waals surface area contributed by atoms with E-state index in [0.29, 0.717) is 5.56 Å². The Morgan fingerprint density at radius 1 is 1.08 bits per heavy atom. The molecule has 2 aromatic rings. The fourth-order valence-electron chi connectivity index (χ4n) is 1.95. The lowest BCUT2D eigenvalue weighted by Crippen LogP contribution is -2.33. The number of hydrogen-bond donors (Lipinski definition) is 0. The van der Waals surface area contributed by atoms with Crippen molar-refractivity contribution in [3.63, 3.8) is 0 Å². The normalized spacial score (nSPS) is 11.5. The molecule has 0 saturated heterocycles. The van der Waals surface area contributed by atoms with E-state index in [9.17, 15) is 17.6 Å². The number of carbonyl (C=O) groups is 1. The van der Waals surface area contributed by atoms with Crippen LogP contribution in [0.2, 0.25) is 0 Å². The summed E-state index contributed by atoms with van der Waals surface area (Å²) in [7, 11) is -2.44. The fourth-order valence-corrected chi connectivity index (χ4v) is 3.06. The van der Waals surface area contributed by atoms with Crippen molar-refractivity contribution in [1.82, 2.24) is 4.31 Å². The van der Waals surface area contributed by atoms with Crippen molar-refractivity contribution in [2.75, 3.05) is 13.6 Å². The second-order valence-electron chi connectivity index (χ2n) is 5.36. The molecule has 0 heterocycles. The van der Waals surface area contributed by atoms with Crippen molar-refractivity contribution in [3.05, 3.63) is 65.5 Å². The predicted octanol–water partition coefficient (Wildman–Crippen LogP) is 2.50. The van der Waals surface area contributed by atoms with Crippen LogP contribution < -0.4 is 0 Å². The number of benzene rings is 2. The molecular weight excluding hydrogens is 333 g/mol. The van der Waals surface area contributed by atoms with Crippen molar-refractivity contribution in [3.8, 4) is 0 Å². The molecule has 0 N–H and O–H groups in total. The minimum absolute atomic E-state index is 0.0441. The minimum Gasteiger partial charge on any atom is -0.460 e. The fraction of sp³-hybridized carbons (Fsp3) is 0.235. The van der Waals surface area contributed by atoms with Crippen LogP contribution in [0.3, 0.4) is 0 Å². The van der Waals surface area contributed by atoms with Gasteiger partial charge in [-0.1, -0.05) is 29.8 Å². The Balaban J connectivity index is 1.95. The molecular formula is C17H18FNO4S. The molecule has 0 unspecified atom stereocenters. The average Bonchev–Trinajstić information content (AvgIpc) is 2.54. The monoisotopic (exact) mass is 351 g/mol. The van der Waals surface area contributed by atoms with E-state index in [0.717, 1.165) is 9.87 Å². The van der Waals surface area contributed by atoms with Crippen molar-refractivity contribution >= 4 is 16.0 Å². The van der Waals surface area contributed by atoms with Crippen LogP contribution in [0.5, 0.6) is 0 Å². The van der Waals surface area contributed by atoms with E-state index in [4.69, 9.17) is 4.74 Å². The molecule has 128 valence electrons. The molecule has 0 aliphatic rings. The molecule has 0 aliphatic carbocycles. The van der Waals surface area contributed by atoms with Crippen LogP contribution in [0.25, 0.3) is 0 Å². The lowest BCUT2D eigenvalue weighted by Gasteiger charge is -2.16. The molecule has 0 radical (unpaired) electrons. The molecule has 0 bridgehead atoms. The summed E-state index contributed by atoms with van der Waals surface area (Å²) in [6, 6.07) is 11.9. The zero-order valence-electron chi connectivity index (χ0n) is 13.4. The van der Waals surface area contributed by atoms with Crippen molar-refractivity contribution in [2.45, 2.75) is 18.4 Å². The van der Waals surface area contributed by atoms with E-state index in [-0.39, 0.29) is 17.3 Å². The highest BCUT2D eigenvalue weighted by molar-refractivity contribution is 7.89. The molecule has 0 aliphatic heterocycles. The van der Waals surface area contributed by atoms with Crippen molar-refractivity contribution < 1.29 is 22.3 Å². The molecule has 0 amide bonds. The second-order valence-corrected chi connectivity index (χ2v) is 7.41. The second kappa shape index (κ2) is 7.55. The molecule has 7 heteroatoms. The van der Waals surface area contributed by atoms with Gasteiger partial charge in [0.25, 0.3) is 0 Å². The standard InChI is InChI=1S/C17H18FNO4S/c1-13-3-9-16(10-4-13)24(21,22)19(2)11-17(20)23-12-14-5-7-15(18)8-6-14/h3-10H,11-12H2,1-2H3. The summed E-state index contributed by atoms with van der Waals surface area (Å²) < 4.78 is 43.5. The van der Waals surface area contributed by atoms with Crippen LogP contribution in [0.4, 0.5) is 4.39 Å². The smallest absolute Gasteiger partial charge is 0.321 e. The molecule has 0 aromatic heterocycles. The lowest BCUT2D eigenvalue weighted by molar-refractivity contribution is -0.144. The molecule has 0 atom stereocenters. The van der Waals surface area contributed by atoms with Crippen molar-refractivity contribution in [2.24, 2.45) is 0 Å². The number of carbonyl (C=O) groups excluding carboxylic acids is 1. The number of ether oxygens (including phenoxy) is 1. The molecule has 5 nitrogen and oxygen atoms in total. The van der Waals surface area contributed by atoms with Gasteiger partial charge in [-0.3, -0.25) is 4.79 Å². The summed E-state index contributed by atoms with van der Waals surface area (Å²) in [4.78, 5) is 11.9. The van der Waals surface area contributed by atoms with Gasteiger partial charge in [-0.05, 0) is 36.8 Å².